The molecule has 1 amide bonds. The minimum absolute atomic E-state index is 0.0336. The molecule has 3 rings (SSSR count). The zero-order chi connectivity index (χ0) is 25.2. The first-order valence-electron chi connectivity index (χ1n) is 10.5. The first-order chi connectivity index (χ1) is 16.0. The SMILES string of the molecule is Cc1cc(C)c(C)c(Oc2cc(NC(=O)CCn3nc(C)c([N+](=O)[O-])c3C)cc([N+](=O)[O-])c2)c1. The number of aromatic nitrogens is 2. The van der Waals surface area contributed by atoms with E-state index in [1.54, 1.807) is 6.92 Å². The largest absolute Gasteiger partial charge is 0.457 e. The molecule has 0 radical (unpaired) electrons. The molecule has 1 heterocycles. The number of nitrogens with zero attached hydrogens (tertiary/aromatic N) is 4. The average molecular weight is 467 g/mol. The molecule has 3 aromatic rings. The maximum absolute atomic E-state index is 12.5. The maximum Gasteiger partial charge on any atom is 0.312 e. The van der Waals surface area contributed by atoms with E-state index >= 15 is 0 Å². The molecule has 0 saturated carbocycles. The van der Waals surface area contributed by atoms with Crippen LogP contribution in [-0.2, 0) is 11.3 Å². The molecule has 11 heteroatoms. The van der Waals surface area contributed by atoms with Crippen molar-refractivity contribution < 1.29 is 19.4 Å². The average Bonchev–Trinajstić information content (AvgIpc) is 3.03. The van der Waals surface area contributed by atoms with E-state index in [2.05, 4.69) is 10.4 Å². The molecule has 11 nitrogen and oxygen atoms in total. The summed E-state index contributed by atoms with van der Waals surface area (Å²) in [7, 11) is 0. The van der Waals surface area contributed by atoms with Gasteiger partial charge >= 0.3 is 5.69 Å². The van der Waals surface area contributed by atoms with Crippen LogP contribution in [0.4, 0.5) is 17.1 Å². The summed E-state index contributed by atoms with van der Waals surface area (Å²) in [6, 6.07) is 7.90. The fourth-order valence-corrected chi connectivity index (χ4v) is 3.65. The number of carbonyl (C=O) groups is 1. The summed E-state index contributed by atoms with van der Waals surface area (Å²) in [5.41, 5.74) is 3.43. The van der Waals surface area contributed by atoms with Crippen molar-refractivity contribution >= 4 is 23.0 Å². The number of amides is 1. The van der Waals surface area contributed by atoms with Crippen molar-refractivity contribution in [3.8, 4) is 11.5 Å². The summed E-state index contributed by atoms with van der Waals surface area (Å²) >= 11 is 0. The molecular weight excluding hydrogens is 442 g/mol. The molecule has 178 valence electrons. The molecule has 0 aliphatic heterocycles. The van der Waals surface area contributed by atoms with Gasteiger partial charge in [0.2, 0.25) is 5.91 Å². The molecule has 0 saturated heterocycles. The van der Waals surface area contributed by atoms with Gasteiger partial charge in [-0.25, -0.2) is 0 Å². The van der Waals surface area contributed by atoms with Gasteiger partial charge in [-0.05, 0) is 57.4 Å². The second kappa shape index (κ2) is 9.69. The molecule has 2 aromatic carbocycles. The summed E-state index contributed by atoms with van der Waals surface area (Å²) in [6.45, 7) is 8.99. The van der Waals surface area contributed by atoms with Crippen LogP contribution in [0.5, 0.6) is 11.5 Å². The van der Waals surface area contributed by atoms with Gasteiger partial charge < -0.3 is 10.1 Å². The minimum atomic E-state index is -0.564. The van der Waals surface area contributed by atoms with Crippen LogP contribution in [0.1, 0.15) is 34.5 Å². The van der Waals surface area contributed by atoms with Gasteiger partial charge in [0.1, 0.15) is 22.9 Å². The lowest BCUT2D eigenvalue weighted by molar-refractivity contribution is -0.386. The van der Waals surface area contributed by atoms with E-state index in [0.29, 0.717) is 11.4 Å². The van der Waals surface area contributed by atoms with Gasteiger partial charge in [0.15, 0.2) is 0 Å². The molecule has 1 N–H and O–H groups in total. The topological polar surface area (TPSA) is 142 Å². The van der Waals surface area contributed by atoms with Gasteiger partial charge in [-0.3, -0.25) is 29.7 Å². The number of ether oxygens (including phenoxy) is 1. The van der Waals surface area contributed by atoms with E-state index in [-0.39, 0.29) is 41.5 Å². The van der Waals surface area contributed by atoms with Crippen LogP contribution in [0.3, 0.4) is 0 Å². The predicted molar refractivity (Wildman–Crippen MR) is 125 cm³/mol. The lowest BCUT2D eigenvalue weighted by Gasteiger charge is -2.13. The number of carbonyl (C=O) groups excluding carboxylic acids is 1. The van der Waals surface area contributed by atoms with Crippen LogP contribution in [0.25, 0.3) is 0 Å². The number of non-ortho nitro benzene ring substituents is 1. The Morgan fingerprint density at radius 2 is 1.74 bits per heavy atom. The van der Waals surface area contributed by atoms with Crippen LogP contribution in [0.2, 0.25) is 0 Å². The third kappa shape index (κ3) is 5.37. The highest BCUT2D eigenvalue weighted by molar-refractivity contribution is 5.91. The number of nitro groups is 2. The van der Waals surface area contributed by atoms with Crippen LogP contribution < -0.4 is 10.1 Å². The second-order valence-corrected chi connectivity index (χ2v) is 8.08. The Labute approximate surface area is 195 Å². The van der Waals surface area contributed by atoms with E-state index in [4.69, 9.17) is 4.74 Å². The maximum atomic E-state index is 12.5. The number of aryl methyl sites for hydroxylation is 4. The van der Waals surface area contributed by atoms with Crippen LogP contribution in [0, 0.1) is 54.8 Å². The number of rotatable bonds is 8. The van der Waals surface area contributed by atoms with Crippen LogP contribution in [-0.4, -0.2) is 25.5 Å². The molecular formula is C23H25N5O6. The number of anilines is 1. The van der Waals surface area contributed by atoms with E-state index < -0.39 is 15.8 Å². The highest BCUT2D eigenvalue weighted by Gasteiger charge is 2.22. The van der Waals surface area contributed by atoms with Gasteiger partial charge in [0.05, 0.1) is 28.1 Å². The monoisotopic (exact) mass is 467 g/mol. The van der Waals surface area contributed by atoms with E-state index in [0.717, 1.165) is 16.7 Å². The normalized spacial score (nSPS) is 10.7. The van der Waals surface area contributed by atoms with E-state index in [1.165, 1.54) is 29.8 Å². The van der Waals surface area contributed by atoms with Gasteiger partial charge in [-0.1, -0.05) is 6.07 Å². The quantitative estimate of drug-likeness (QED) is 0.360. The summed E-state index contributed by atoms with van der Waals surface area (Å²) in [6.07, 6.45) is -0.0336. The predicted octanol–water partition coefficient (Wildman–Crippen LogP) is 5.06. The molecule has 0 bridgehead atoms. The first kappa shape index (κ1) is 24.4. The smallest absolute Gasteiger partial charge is 0.312 e. The Balaban J connectivity index is 1.79. The summed E-state index contributed by atoms with van der Waals surface area (Å²) < 4.78 is 7.33. The van der Waals surface area contributed by atoms with Crippen molar-refractivity contribution in [3.63, 3.8) is 0 Å². The first-order valence-corrected chi connectivity index (χ1v) is 10.5. The lowest BCUT2D eigenvalue weighted by Crippen LogP contribution is -2.16. The van der Waals surface area contributed by atoms with E-state index in [9.17, 15) is 25.0 Å². The van der Waals surface area contributed by atoms with Gasteiger partial charge in [-0.15, -0.1) is 0 Å². The zero-order valence-corrected chi connectivity index (χ0v) is 19.5. The summed E-state index contributed by atoms with van der Waals surface area (Å²) in [5.74, 6) is 0.359. The summed E-state index contributed by atoms with van der Waals surface area (Å²) in [4.78, 5) is 34.0. The van der Waals surface area contributed by atoms with Gasteiger partial charge in [-0.2, -0.15) is 5.10 Å². The van der Waals surface area contributed by atoms with Crippen molar-refractivity contribution in [2.24, 2.45) is 0 Å². The second-order valence-electron chi connectivity index (χ2n) is 8.08. The number of hydrogen-bond donors (Lipinski definition) is 1. The highest BCUT2D eigenvalue weighted by Crippen LogP contribution is 2.33. The number of hydrogen-bond acceptors (Lipinski definition) is 7. The standard InChI is InChI=1S/C23H25N5O6/c1-13-8-14(2)15(3)21(9-13)34-20-11-18(10-19(12-20)27(30)31)24-22(29)6-7-26-17(5)23(28(32)33)16(4)25-26/h8-12H,6-7H2,1-5H3,(H,24,29). The minimum Gasteiger partial charge on any atom is -0.457 e. The van der Waals surface area contributed by atoms with Crippen LogP contribution in [0.15, 0.2) is 30.3 Å². The Morgan fingerprint density at radius 1 is 1.03 bits per heavy atom. The van der Waals surface area contributed by atoms with Crippen molar-refractivity contribution in [1.29, 1.82) is 0 Å². The van der Waals surface area contributed by atoms with Gasteiger partial charge in [0.25, 0.3) is 5.69 Å². The fraction of sp³-hybridized carbons (Fsp3) is 0.304. The third-order valence-electron chi connectivity index (χ3n) is 5.45. The molecule has 0 atom stereocenters. The van der Waals surface area contributed by atoms with Crippen molar-refractivity contribution in [3.05, 3.63) is 78.6 Å². The Morgan fingerprint density at radius 3 is 2.35 bits per heavy atom. The molecule has 1 aromatic heterocycles. The summed E-state index contributed by atoms with van der Waals surface area (Å²) in [5, 5.41) is 29.3. The Kier molecular flexibility index (Phi) is 6.94. The van der Waals surface area contributed by atoms with E-state index in [1.807, 2.05) is 32.9 Å². The third-order valence-corrected chi connectivity index (χ3v) is 5.45. The van der Waals surface area contributed by atoms with Crippen LogP contribution >= 0.6 is 0 Å². The molecule has 0 aliphatic carbocycles. The molecule has 0 unspecified atom stereocenters. The number of nitro benzene ring substituents is 1. The molecule has 0 aliphatic rings. The molecule has 34 heavy (non-hydrogen) atoms. The number of nitrogens with one attached hydrogen (secondary N) is 1. The fourth-order valence-electron chi connectivity index (χ4n) is 3.65. The number of benzene rings is 2. The zero-order valence-electron chi connectivity index (χ0n) is 19.5. The van der Waals surface area contributed by atoms with Crippen molar-refractivity contribution in [2.75, 3.05) is 5.32 Å². The highest BCUT2D eigenvalue weighted by atomic mass is 16.6. The molecule has 0 spiro atoms. The Hall–Kier alpha value is -4.28. The lowest BCUT2D eigenvalue weighted by atomic mass is 10.1. The molecule has 0 fully saturated rings. The van der Waals surface area contributed by atoms with Crippen molar-refractivity contribution in [1.82, 2.24) is 9.78 Å². The van der Waals surface area contributed by atoms with Crippen molar-refractivity contribution in [2.45, 2.75) is 47.6 Å². The van der Waals surface area contributed by atoms with Gasteiger partial charge in [0, 0.05) is 18.6 Å². The Bertz CT molecular complexity index is 1300.